The highest BCUT2D eigenvalue weighted by Crippen LogP contribution is 2.30. The Hall–Kier alpha value is -1.88. The van der Waals surface area contributed by atoms with Crippen molar-refractivity contribution in [3.63, 3.8) is 0 Å². The predicted octanol–water partition coefficient (Wildman–Crippen LogP) is 4.95. The lowest BCUT2D eigenvalue weighted by atomic mass is 9.91. The number of alkyl halides is 3. The molecule has 2 nitrogen and oxygen atoms in total. The van der Waals surface area contributed by atoms with Gasteiger partial charge in [-0.2, -0.15) is 13.2 Å². The molecule has 1 aliphatic heterocycles. The monoisotopic (exact) mass is 348 g/mol. The number of rotatable bonds is 5. The molecule has 25 heavy (non-hydrogen) atoms. The molecular weight excluding hydrogens is 325 g/mol. The van der Waals surface area contributed by atoms with E-state index in [-0.39, 0.29) is 0 Å². The summed E-state index contributed by atoms with van der Waals surface area (Å²) in [4.78, 5) is 6.58. The van der Waals surface area contributed by atoms with Crippen LogP contribution in [0, 0.1) is 5.92 Å². The third kappa shape index (κ3) is 5.30. The summed E-state index contributed by atoms with van der Waals surface area (Å²) in [6.07, 6.45) is 3.35. The normalized spacial score (nSPS) is 19.1. The molecule has 134 valence electrons. The molecule has 1 aliphatic rings. The fourth-order valence-corrected chi connectivity index (χ4v) is 3.55. The van der Waals surface area contributed by atoms with E-state index in [2.05, 4.69) is 16.0 Å². The number of aromatic nitrogens is 1. The first-order valence-electron chi connectivity index (χ1n) is 8.78. The molecule has 1 aromatic heterocycles. The molecule has 2 heterocycles. The molecule has 0 N–H and O–H groups in total. The molecule has 5 heteroatoms. The van der Waals surface area contributed by atoms with Gasteiger partial charge in [0.2, 0.25) is 0 Å². The zero-order chi connectivity index (χ0) is 17.7. The van der Waals surface area contributed by atoms with Crippen molar-refractivity contribution in [2.75, 3.05) is 13.1 Å². The van der Waals surface area contributed by atoms with Gasteiger partial charge >= 0.3 is 6.18 Å². The summed E-state index contributed by atoms with van der Waals surface area (Å²) >= 11 is 0. The summed E-state index contributed by atoms with van der Waals surface area (Å²) in [5, 5.41) is 0. The van der Waals surface area contributed by atoms with Gasteiger partial charge in [0.15, 0.2) is 0 Å². The zero-order valence-corrected chi connectivity index (χ0v) is 14.2. The van der Waals surface area contributed by atoms with Crippen LogP contribution in [0.25, 0.3) is 0 Å². The van der Waals surface area contributed by atoms with Gasteiger partial charge in [-0.3, -0.25) is 9.88 Å². The minimum atomic E-state index is -4.26. The second-order valence-corrected chi connectivity index (χ2v) is 6.84. The fourth-order valence-electron chi connectivity index (χ4n) is 3.55. The summed E-state index contributed by atoms with van der Waals surface area (Å²) in [5.41, 5.74) is 1.44. The molecule has 0 radical (unpaired) electrons. The van der Waals surface area contributed by atoms with Gasteiger partial charge in [-0.15, -0.1) is 0 Å². The molecule has 1 atom stereocenters. The molecule has 1 fully saturated rings. The third-order valence-electron chi connectivity index (χ3n) is 4.83. The Labute approximate surface area is 146 Å². The van der Waals surface area contributed by atoms with Crippen LogP contribution in [-0.2, 0) is 19.1 Å². The van der Waals surface area contributed by atoms with Gasteiger partial charge < -0.3 is 0 Å². The van der Waals surface area contributed by atoms with Gasteiger partial charge in [0.25, 0.3) is 0 Å². The molecule has 3 rings (SSSR count). The van der Waals surface area contributed by atoms with Gasteiger partial charge in [0, 0.05) is 25.5 Å². The highest BCUT2D eigenvalue weighted by atomic mass is 19.4. The smallest absolute Gasteiger partial charge is 0.299 e. The lowest BCUT2D eigenvalue weighted by Gasteiger charge is -2.32. The van der Waals surface area contributed by atoms with E-state index in [1.165, 1.54) is 17.7 Å². The molecule has 0 amide bonds. The van der Waals surface area contributed by atoms with Crippen molar-refractivity contribution >= 4 is 0 Å². The maximum Gasteiger partial charge on any atom is 0.416 e. The number of aryl methyl sites for hydroxylation is 1. The van der Waals surface area contributed by atoms with E-state index in [4.69, 9.17) is 0 Å². The lowest BCUT2D eigenvalue weighted by Crippen LogP contribution is -2.35. The van der Waals surface area contributed by atoms with Crippen molar-refractivity contribution < 1.29 is 13.2 Å². The van der Waals surface area contributed by atoms with Gasteiger partial charge in [-0.05, 0) is 61.4 Å². The van der Waals surface area contributed by atoms with Gasteiger partial charge in [-0.1, -0.05) is 24.3 Å². The van der Waals surface area contributed by atoms with Crippen LogP contribution in [-0.4, -0.2) is 23.0 Å². The molecule has 0 aliphatic carbocycles. The van der Waals surface area contributed by atoms with Gasteiger partial charge in [-0.25, -0.2) is 0 Å². The Morgan fingerprint density at radius 3 is 2.72 bits per heavy atom. The molecule has 2 aromatic rings. The summed E-state index contributed by atoms with van der Waals surface area (Å²) in [5.74, 6) is 0.542. The number of hydrogen-bond donors (Lipinski definition) is 0. The molecule has 1 aromatic carbocycles. The average Bonchev–Trinajstić information content (AvgIpc) is 2.61. The van der Waals surface area contributed by atoms with Crippen molar-refractivity contribution in [2.24, 2.45) is 5.92 Å². The molecule has 0 spiro atoms. The Balaban J connectivity index is 1.53. The number of hydrogen-bond acceptors (Lipinski definition) is 2. The second-order valence-electron chi connectivity index (χ2n) is 6.84. The number of likely N-dealkylation sites (tertiary alicyclic amines) is 1. The summed E-state index contributed by atoms with van der Waals surface area (Å²) in [7, 11) is 0. The van der Waals surface area contributed by atoms with E-state index in [1.807, 2.05) is 12.3 Å². The van der Waals surface area contributed by atoms with Crippen LogP contribution in [0.4, 0.5) is 13.2 Å². The number of piperidine rings is 1. The van der Waals surface area contributed by atoms with Crippen molar-refractivity contribution in [3.8, 4) is 0 Å². The molecule has 0 saturated carbocycles. The minimum Gasteiger partial charge on any atom is -0.299 e. The summed E-state index contributed by atoms with van der Waals surface area (Å²) in [6, 6.07) is 9.76. The quantitative estimate of drug-likeness (QED) is 0.760. The maximum absolute atomic E-state index is 12.8. The summed E-state index contributed by atoms with van der Waals surface area (Å²) < 4.78 is 38.4. The standard InChI is InChI=1S/C20H23F3N2/c21-20(22,23)19-7-1-4-16(12-19)8-9-17-6-3-11-25(14-17)15-18-5-2-10-24-13-18/h1-2,4-5,7,10,12-13,17H,3,6,8-9,11,14-15H2. The number of nitrogens with zero attached hydrogens (tertiary/aromatic N) is 2. The second kappa shape index (κ2) is 8.00. The van der Waals surface area contributed by atoms with Crippen molar-refractivity contribution in [3.05, 3.63) is 65.5 Å². The van der Waals surface area contributed by atoms with Crippen molar-refractivity contribution in [1.29, 1.82) is 0 Å². The van der Waals surface area contributed by atoms with E-state index >= 15 is 0 Å². The van der Waals surface area contributed by atoms with Crippen molar-refractivity contribution in [2.45, 2.75) is 38.4 Å². The van der Waals surface area contributed by atoms with Crippen molar-refractivity contribution in [1.82, 2.24) is 9.88 Å². The largest absolute Gasteiger partial charge is 0.416 e. The van der Waals surface area contributed by atoms with E-state index in [1.54, 1.807) is 12.3 Å². The topological polar surface area (TPSA) is 16.1 Å². The first-order valence-corrected chi connectivity index (χ1v) is 8.78. The number of halogens is 3. The Morgan fingerprint density at radius 2 is 1.96 bits per heavy atom. The van der Waals surface area contributed by atoms with Gasteiger partial charge in [0.05, 0.1) is 5.56 Å². The molecular formula is C20H23F3N2. The molecule has 1 unspecified atom stereocenters. The highest BCUT2D eigenvalue weighted by molar-refractivity contribution is 5.25. The van der Waals surface area contributed by atoms with Crippen LogP contribution in [0.3, 0.4) is 0 Å². The van der Waals surface area contributed by atoms with Crippen LogP contribution >= 0.6 is 0 Å². The van der Waals surface area contributed by atoms with E-state index in [9.17, 15) is 13.2 Å². The third-order valence-corrected chi connectivity index (χ3v) is 4.83. The zero-order valence-electron chi connectivity index (χ0n) is 14.2. The Bertz CT molecular complexity index is 670. The van der Waals surface area contributed by atoms with E-state index < -0.39 is 11.7 Å². The first-order chi connectivity index (χ1) is 12.0. The average molecular weight is 348 g/mol. The van der Waals surface area contributed by atoms with E-state index in [0.717, 1.165) is 50.5 Å². The number of benzene rings is 1. The minimum absolute atomic E-state index is 0.542. The summed E-state index contributed by atoms with van der Waals surface area (Å²) in [6.45, 7) is 2.98. The SMILES string of the molecule is FC(F)(F)c1cccc(CCC2CCCN(Cc3cccnc3)C2)c1. The van der Waals surface area contributed by atoms with Crippen LogP contribution < -0.4 is 0 Å². The lowest BCUT2D eigenvalue weighted by molar-refractivity contribution is -0.137. The highest BCUT2D eigenvalue weighted by Gasteiger charge is 2.30. The molecule has 0 bridgehead atoms. The predicted molar refractivity (Wildman–Crippen MR) is 92.0 cm³/mol. The maximum atomic E-state index is 12.8. The molecule has 1 saturated heterocycles. The number of pyridine rings is 1. The Kier molecular flexibility index (Phi) is 5.74. The van der Waals surface area contributed by atoms with Crippen LogP contribution in [0.2, 0.25) is 0 Å². The fraction of sp³-hybridized carbons (Fsp3) is 0.450. The van der Waals surface area contributed by atoms with Gasteiger partial charge in [0.1, 0.15) is 0 Å². The van der Waals surface area contributed by atoms with Crippen LogP contribution in [0.1, 0.15) is 36.0 Å². The van der Waals surface area contributed by atoms with Crippen LogP contribution in [0.5, 0.6) is 0 Å². The van der Waals surface area contributed by atoms with E-state index in [0.29, 0.717) is 12.3 Å². The Morgan fingerprint density at radius 1 is 1.12 bits per heavy atom. The van der Waals surface area contributed by atoms with Crippen LogP contribution in [0.15, 0.2) is 48.8 Å². The first kappa shape index (κ1) is 17.9.